The van der Waals surface area contributed by atoms with E-state index < -0.39 is 32.3 Å². The van der Waals surface area contributed by atoms with Crippen molar-refractivity contribution in [3.63, 3.8) is 0 Å². The Morgan fingerprint density at radius 2 is 0.812 bits per heavy atom. The van der Waals surface area contributed by atoms with Gasteiger partial charge in [0.05, 0.1) is 16.1 Å². The van der Waals surface area contributed by atoms with E-state index in [2.05, 4.69) is 116 Å². The summed E-state index contributed by atoms with van der Waals surface area (Å²) in [4.78, 5) is 0. The monoisotopic (exact) mass is 636 g/mol. The van der Waals surface area contributed by atoms with Crippen LogP contribution < -0.4 is 24.8 Å². The Labute approximate surface area is 233 Å². The van der Waals surface area contributed by atoms with Crippen LogP contribution in [0.1, 0.15) is 12.8 Å². The molecule has 0 unspecified atom stereocenters. The van der Waals surface area contributed by atoms with Gasteiger partial charge in [-0.05, 0) is 0 Å². The molecule has 0 aromatic heterocycles. The van der Waals surface area contributed by atoms with Gasteiger partial charge in [-0.2, -0.15) is 10.4 Å². The first-order valence-corrected chi connectivity index (χ1v) is 31.5. The molecule has 0 fully saturated rings. The first-order chi connectivity index (χ1) is 13.2. The van der Waals surface area contributed by atoms with Crippen molar-refractivity contribution in [1.29, 1.82) is 0 Å². The molecular formula is C24H48Cl2Si5Zr-2. The Kier molecular flexibility index (Phi) is 17.7. The minimum absolute atomic E-state index is 0. The Morgan fingerprint density at radius 3 is 0.906 bits per heavy atom. The summed E-state index contributed by atoms with van der Waals surface area (Å²) in [5.74, 6) is 0. The summed E-state index contributed by atoms with van der Waals surface area (Å²) in [5, 5.41) is 6.46. The number of hydrogen-bond donors (Lipinski definition) is 0. The molecule has 2 aliphatic carbocycles. The average Bonchev–Trinajstić information content (AvgIpc) is 3.15. The van der Waals surface area contributed by atoms with E-state index in [1.165, 1.54) is 0 Å². The maximum atomic E-state index is 3.57. The fourth-order valence-corrected chi connectivity index (χ4v) is 7.99. The second-order valence-corrected chi connectivity index (χ2v) is 42.6. The summed E-state index contributed by atoms with van der Waals surface area (Å²) in [5.41, 5.74) is 0.210. The molecule has 0 aromatic rings. The zero-order valence-corrected chi connectivity index (χ0v) is 32.3. The standard InChI is InChI=1S/2C11H21Si2.C2H6Si.2ClH.Zr/c2*1-12(2,3)10-7-8-11(9-10)13(4,5)6;1-3-2;;;/h2*9H,7H2,1-6H3;1-2H3;2*1H;/q2*-1;;;;+2/p-2. The number of halogens is 2. The third-order valence-electron chi connectivity index (χ3n) is 5.12. The average molecular weight is 639 g/mol. The predicted molar refractivity (Wildman–Crippen MR) is 150 cm³/mol. The van der Waals surface area contributed by atoms with Crippen LogP contribution in [0.15, 0.2) is 32.9 Å². The Hall–Kier alpha value is 1.51. The van der Waals surface area contributed by atoms with Crippen molar-refractivity contribution in [3.8, 4) is 0 Å². The number of rotatable bonds is 4. The summed E-state index contributed by atoms with van der Waals surface area (Å²) >= 11 is 1.74. The minimum Gasteiger partial charge on any atom is -1.00 e. The normalized spacial score (nSPS) is 16.0. The summed E-state index contributed by atoms with van der Waals surface area (Å²) in [7, 11) is -4.28. The van der Waals surface area contributed by atoms with E-state index in [-0.39, 0.29) is 30.2 Å². The van der Waals surface area contributed by atoms with Crippen molar-refractivity contribution in [2.75, 3.05) is 0 Å². The van der Waals surface area contributed by atoms with Crippen LogP contribution >= 0.6 is 0 Å². The smallest absolute Gasteiger partial charge is 1.00 e. The molecule has 0 atom stereocenters. The number of hydrogen-bond acceptors (Lipinski definition) is 0. The van der Waals surface area contributed by atoms with Crippen LogP contribution in [0.4, 0.5) is 0 Å². The Balaban J connectivity index is -0.000000428. The zero-order chi connectivity index (χ0) is 24.1. The van der Waals surface area contributed by atoms with Crippen molar-refractivity contribution in [1.82, 2.24) is 0 Å². The molecular weight excluding hydrogens is 591 g/mol. The van der Waals surface area contributed by atoms with Crippen LogP contribution in [-0.4, -0.2) is 37.7 Å². The van der Waals surface area contributed by atoms with Gasteiger partial charge < -0.3 is 24.8 Å². The van der Waals surface area contributed by atoms with E-state index in [0.717, 1.165) is 12.8 Å². The predicted octanol–water partition coefficient (Wildman–Crippen LogP) is 2.39. The van der Waals surface area contributed by atoms with Gasteiger partial charge in [0.25, 0.3) is 0 Å². The zero-order valence-electron chi connectivity index (χ0n) is 23.3. The minimum atomic E-state index is -1.09. The summed E-state index contributed by atoms with van der Waals surface area (Å²) in [6, 6.07) is 0. The fraction of sp³-hybridized carbons (Fsp3) is 0.667. The fourth-order valence-electron chi connectivity index (χ4n) is 2.86. The molecule has 0 spiro atoms. The van der Waals surface area contributed by atoms with Gasteiger partial charge in [-0.1, -0.05) is 78.6 Å². The quantitative estimate of drug-likeness (QED) is 0.328. The molecule has 0 saturated heterocycles. The van der Waals surface area contributed by atoms with E-state index in [1.807, 2.05) is 0 Å². The van der Waals surface area contributed by atoms with Crippen LogP contribution in [0.2, 0.25) is 91.7 Å². The van der Waals surface area contributed by atoms with Crippen molar-refractivity contribution in [3.05, 3.63) is 45.1 Å². The largest absolute Gasteiger partial charge is 1.00 e. The van der Waals surface area contributed by atoms with Crippen LogP contribution in [0, 0.1) is 12.2 Å². The molecule has 2 rings (SSSR count). The molecule has 0 bridgehead atoms. The van der Waals surface area contributed by atoms with Crippen molar-refractivity contribution >= 4 is 37.7 Å². The Bertz CT molecular complexity index is 676. The summed E-state index contributed by atoms with van der Waals surface area (Å²) < 4.78 is 0. The number of allylic oxidation sites excluding steroid dienone is 8. The third-order valence-corrected chi connectivity index (χ3v) is 13.5. The molecule has 0 amide bonds. The molecule has 0 aromatic carbocycles. The van der Waals surface area contributed by atoms with Crippen molar-refractivity contribution in [2.24, 2.45) is 0 Å². The van der Waals surface area contributed by atoms with Crippen LogP contribution in [0.5, 0.6) is 0 Å². The molecule has 0 nitrogen and oxygen atoms in total. The molecule has 0 N–H and O–H groups in total. The van der Waals surface area contributed by atoms with E-state index >= 15 is 0 Å². The maximum absolute atomic E-state index is 3.57. The second-order valence-electron chi connectivity index (χ2n) is 12.9. The molecule has 184 valence electrons. The molecule has 0 heterocycles. The van der Waals surface area contributed by atoms with Gasteiger partial charge in [0.15, 0.2) is 0 Å². The van der Waals surface area contributed by atoms with Gasteiger partial charge in [-0.3, -0.25) is 12.2 Å². The van der Waals surface area contributed by atoms with Crippen molar-refractivity contribution < 1.29 is 48.1 Å². The second kappa shape index (κ2) is 14.9. The topological polar surface area (TPSA) is 0 Å². The van der Waals surface area contributed by atoms with Gasteiger partial charge in [-0.15, -0.1) is 12.8 Å². The van der Waals surface area contributed by atoms with E-state index in [9.17, 15) is 0 Å². The van der Waals surface area contributed by atoms with Gasteiger partial charge in [0.1, 0.15) is 0 Å². The molecule has 32 heavy (non-hydrogen) atoms. The van der Waals surface area contributed by atoms with Gasteiger partial charge in [0, 0.05) is 16.1 Å². The molecule has 0 aliphatic heterocycles. The first kappa shape index (κ1) is 38.0. The maximum Gasteiger partial charge on any atom is -1.00 e. The SMILES string of the molecule is C[Si](C)(C)C1=[C-]CC([Si](C)(C)C)=C1.C[Si](C)(C)C1=[C-]CC([Si](C)(C)C)=C1.C[Si](C)=[Zr+2].[Cl-].[Cl-]. The van der Waals surface area contributed by atoms with Crippen LogP contribution in [-0.2, 0) is 23.3 Å². The van der Waals surface area contributed by atoms with Gasteiger partial charge >= 0.3 is 41.9 Å². The van der Waals surface area contributed by atoms with Gasteiger partial charge in [0.2, 0.25) is 0 Å². The van der Waals surface area contributed by atoms with E-state index in [0.29, 0.717) is 0 Å². The van der Waals surface area contributed by atoms with E-state index in [4.69, 9.17) is 0 Å². The van der Waals surface area contributed by atoms with Crippen molar-refractivity contribution in [2.45, 2.75) is 104 Å². The molecule has 2 aliphatic rings. The summed E-state index contributed by atoms with van der Waals surface area (Å²) in [6.07, 6.45) is 14.3. The first-order valence-electron chi connectivity index (χ1n) is 11.3. The molecule has 0 radical (unpaired) electrons. The Morgan fingerprint density at radius 1 is 0.594 bits per heavy atom. The van der Waals surface area contributed by atoms with Crippen LogP contribution in [0.3, 0.4) is 0 Å². The van der Waals surface area contributed by atoms with Crippen LogP contribution in [0.25, 0.3) is 0 Å². The summed E-state index contributed by atoms with van der Waals surface area (Å²) in [6.45, 7) is 33.6. The molecule has 0 saturated carbocycles. The third kappa shape index (κ3) is 15.5. The molecule has 8 heteroatoms. The van der Waals surface area contributed by atoms with E-state index in [1.54, 1.807) is 44.1 Å². The van der Waals surface area contributed by atoms with Gasteiger partial charge in [-0.25, -0.2) is 22.5 Å².